The Balaban J connectivity index is 0.000000175. The summed E-state index contributed by atoms with van der Waals surface area (Å²) >= 11 is 0. The zero-order valence-corrected chi connectivity index (χ0v) is 31.0. The SMILES string of the molecule is Cc1cccc(-c2nc(-c3cccc(C)c3O)nc(-c3cccc(C)c3O)n2)c1O.Oc1ccccc1-c1nc(-c2ccccc2O)nc(-c2ccccc2O)n1. The van der Waals surface area contributed by atoms with Crippen molar-refractivity contribution >= 4 is 0 Å². The van der Waals surface area contributed by atoms with Gasteiger partial charge in [-0.1, -0.05) is 72.8 Å². The number of aryl methyl sites for hydroxylation is 3. The van der Waals surface area contributed by atoms with Gasteiger partial charge in [0.25, 0.3) is 0 Å². The van der Waals surface area contributed by atoms with Gasteiger partial charge in [-0.3, -0.25) is 0 Å². The van der Waals surface area contributed by atoms with Crippen LogP contribution in [0.15, 0.2) is 127 Å². The van der Waals surface area contributed by atoms with Crippen LogP contribution in [0, 0.1) is 20.8 Å². The van der Waals surface area contributed by atoms with E-state index in [9.17, 15) is 30.6 Å². The molecule has 0 unspecified atom stereocenters. The monoisotopic (exact) mass is 756 g/mol. The van der Waals surface area contributed by atoms with Crippen molar-refractivity contribution in [3.8, 4) is 103 Å². The van der Waals surface area contributed by atoms with Gasteiger partial charge in [-0.25, -0.2) is 29.9 Å². The van der Waals surface area contributed by atoms with Gasteiger partial charge in [0.15, 0.2) is 34.9 Å². The van der Waals surface area contributed by atoms with Crippen LogP contribution in [-0.2, 0) is 0 Å². The average molecular weight is 757 g/mol. The molecule has 282 valence electrons. The molecular weight excluding hydrogens is 721 g/mol. The van der Waals surface area contributed by atoms with Gasteiger partial charge in [-0.15, -0.1) is 0 Å². The molecule has 12 heteroatoms. The number of aromatic nitrogens is 6. The summed E-state index contributed by atoms with van der Waals surface area (Å²) in [7, 11) is 0. The fraction of sp³-hybridized carbons (Fsp3) is 0.0667. The topological polar surface area (TPSA) is 199 Å². The maximum Gasteiger partial charge on any atom is 0.167 e. The van der Waals surface area contributed by atoms with Gasteiger partial charge in [0.2, 0.25) is 0 Å². The van der Waals surface area contributed by atoms with Gasteiger partial charge in [0.05, 0.1) is 33.4 Å². The van der Waals surface area contributed by atoms with Crippen LogP contribution in [0.25, 0.3) is 68.3 Å². The summed E-state index contributed by atoms with van der Waals surface area (Å²) in [4.78, 5) is 26.9. The molecule has 8 rings (SSSR count). The Morgan fingerprint density at radius 2 is 0.474 bits per heavy atom. The molecule has 0 spiro atoms. The van der Waals surface area contributed by atoms with Gasteiger partial charge in [-0.2, -0.15) is 0 Å². The summed E-state index contributed by atoms with van der Waals surface area (Å²) < 4.78 is 0. The van der Waals surface area contributed by atoms with E-state index in [0.29, 0.717) is 50.1 Å². The van der Waals surface area contributed by atoms with Gasteiger partial charge in [0, 0.05) is 0 Å². The number of hydrogen-bond acceptors (Lipinski definition) is 12. The summed E-state index contributed by atoms with van der Waals surface area (Å²) in [5.41, 5.74) is 4.67. The van der Waals surface area contributed by atoms with Crippen molar-refractivity contribution in [2.75, 3.05) is 0 Å². The van der Waals surface area contributed by atoms with E-state index in [1.807, 2.05) is 18.2 Å². The molecule has 6 N–H and O–H groups in total. The predicted molar refractivity (Wildman–Crippen MR) is 216 cm³/mol. The van der Waals surface area contributed by atoms with Crippen molar-refractivity contribution in [2.24, 2.45) is 0 Å². The molecule has 0 aliphatic carbocycles. The Bertz CT molecular complexity index is 2450. The molecule has 0 saturated heterocycles. The maximum atomic E-state index is 10.6. The lowest BCUT2D eigenvalue weighted by Crippen LogP contribution is -2.01. The number of phenols is 6. The highest BCUT2D eigenvalue weighted by Gasteiger charge is 2.20. The van der Waals surface area contributed by atoms with Crippen LogP contribution < -0.4 is 0 Å². The van der Waals surface area contributed by atoms with Crippen LogP contribution in [0.5, 0.6) is 34.5 Å². The lowest BCUT2D eigenvalue weighted by molar-refractivity contribution is 0.472. The highest BCUT2D eigenvalue weighted by Crippen LogP contribution is 2.38. The Kier molecular flexibility index (Phi) is 10.4. The summed E-state index contributed by atoms with van der Waals surface area (Å²) in [6.07, 6.45) is 0. The molecule has 2 aromatic heterocycles. The standard InChI is InChI=1S/C24H21N3O3.C21H15N3O3/c1-13-7-4-10-16(19(13)28)22-25-23(17-11-5-8-14(2)20(17)29)27-24(26-22)18-12-6-9-15(3)21(18)30;25-16-10-4-1-7-13(16)19-22-20(14-8-2-5-11-17(14)26)24-21(23-19)15-9-3-6-12-18(15)27/h4-12,28-30H,1-3H3;1-12,25-27H. The minimum atomic E-state index is 0.0233. The number of hydrogen-bond donors (Lipinski definition) is 6. The van der Waals surface area contributed by atoms with Crippen molar-refractivity contribution in [1.29, 1.82) is 0 Å². The Hall–Kier alpha value is -7.86. The molecule has 2 heterocycles. The van der Waals surface area contributed by atoms with Crippen molar-refractivity contribution in [3.05, 3.63) is 144 Å². The molecule has 57 heavy (non-hydrogen) atoms. The van der Waals surface area contributed by atoms with Crippen LogP contribution in [0.3, 0.4) is 0 Å². The fourth-order valence-corrected chi connectivity index (χ4v) is 5.98. The second kappa shape index (κ2) is 15.9. The first kappa shape index (κ1) is 37.5. The average Bonchev–Trinajstić information content (AvgIpc) is 3.21. The first-order chi connectivity index (χ1) is 27.5. The molecule has 0 radical (unpaired) electrons. The minimum absolute atomic E-state index is 0.0233. The van der Waals surface area contributed by atoms with E-state index in [4.69, 9.17) is 0 Å². The first-order valence-electron chi connectivity index (χ1n) is 17.7. The zero-order chi connectivity index (χ0) is 40.2. The molecule has 0 bridgehead atoms. The number of phenolic OH excluding ortho intramolecular Hbond substituents is 6. The van der Waals surface area contributed by atoms with Gasteiger partial charge in [0.1, 0.15) is 34.5 Å². The lowest BCUT2D eigenvalue weighted by atomic mass is 10.1. The number of aromatic hydroxyl groups is 6. The molecule has 12 nitrogen and oxygen atoms in total. The molecule has 8 aromatic rings. The third-order valence-corrected chi connectivity index (χ3v) is 9.14. The molecule has 0 fully saturated rings. The molecule has 6 aromatic carbocycles. The van der Waals surface area contributed by atoms with Crippen LogP contribution in [0.4, 0.5) is 0 Å². The third-order valence-electron chi connectivity index (χ3n) is 9.14. The summed E-state index contributed by atoms with van der Waals surface area (Å²) in [5.74, 6) is 1.74. The summed E-state index contributed by atoms with van der Waals surface area (Å²) in [5, 5.41) is 62.3. The summed E-state index contributed by atoms with van der Waals surface area (Å²) in [6.45, 7) is 5.38. The molecule has 0 aliphatic heterocycles. The molecule has 0 atom stereocenters. The third kappa shape index (κ3) is 7.73. The number of para-hydroxylation sites is 6. The maximum absolute atomic E-state index is 10.6. The van der Waals surface area contributed by atoms with Gasteiger partial charge in [-0.05, 0) is 92.1 Å². The molecule has 0 saturated carbocycles. The Morgan fingerprint density at radius 1 is 0.263 bits per heavy atom. The number of rotatable bonds is 6. The van der Waals surface area contributed by atoms with Crippen molar-refractivity contribution in [1.82, 2.24) is 29.9 Å². The zero-order valence-electron chi connectivity index (χ0n) is 31.0. The smallest absolute Gasteiger partial charge is 0.167 e. The van der Waals surface area contributed by atoms with Gasteiger partial charge >= 0.3 is 0 Å². The van der Waals surface area contributed by atoms with E-state index in [1.54, 1.807) is 130 Å². The fourth-order valence-electron chi connectivity index (χ4n) is 5.98. The normalized spacial score (nSPS) is 10.8. The first-order valence-corrected chi connectivity index (χ1v) is 17.7. The van der Waals surface area contributed by atoms with Crippen LogP contribution in [0.1, 0.15) is 16.7 Å². The summed E-state index contributed by atoms with van der Waals surface area (Å²) in [6, 6.07) is 36.0. The Labute approximate surface area is 327 Å². The minimum Gasteiger partial charge on any atom is -0.507 e. The largest absolute Gasteiger partial charge is 0.507 e. The van der Waals surface area contributed by atoms with E-state index < -0.39 is 0 Å². The van der Waals surface area contributed by atoms with Crippen LogP contribution >= 0.6 is 0 Å². The predicted octanol–water partition coefficient (Wildman–Crippen LogP) is 8.90. The number of nitrogens with zero attached hydrogens (tertiary/aromatic N) is 6. The van der Waals surface area contributed by atoms with Crippen molar-refractivity contribution in [3.63, 3.8) is 0 Å². The Morgan fingerprint density at radius 3 is 0.719 bits per heavy atom. The molecular formula is C45H36N6O6. The quantitative estimate of drug-likeness (QED) is 0.0943. The van der Waals surface area contributed by atoms with Crippen LogP contribution in [-0.4, -0.2) is 60.5 Å². The highest BCUT2D eigenvalue weighted by atomic mass is 16.3. The van der Waals surface area contributed by atoms with Crippen molar-refractivity contribution < 1.29 is 30.6 Å². The second-order valence-corrected chi connectivity index (χ2v) is 13.1. The second-order valence-electron chi connectivity index (χ2n) is 13.1. The molecule has 0 aliphatic rings. The van der Waals surface area contributed by atoms with Crippen LogP contribution in [0.2, 0.25) is 0 Å². The lowest BCUT2D eigenvalue weighted by Gasteiger charge is -2.12. The van der Waals surface area contributed by atoms with E-state index in [2.05, 4.69) is 29.9 Å². The van der Waals surface area contributed by atoms with Gasteiger partial charge < -0.3 is 30.6 Å². The van der Waals surface area contributed by atoms with E-state index in [-0.39, 0.29) is 69.4 Å². The van der Waals surface area contributed by atoms with E-state index >= 15 is 0 Å². The number of benzene rings is 6. The van der Waals surface area contributed by atoms with Crippen molar-refractivity contribution in [2.45, 2.75) is 20.8 Å². The van der Waals surface area contributed by atoms with E-state index in [1.165, 1.54) is 0 Å². The van der Waals surface area contributed by atoms with E-state index in [0.717, 1.165) is 0 Å². The highest BCUT2D eigenvalue weighted by molar-refractivity contribution is 5.76. The molecule has 0 amide bonds.